The zero-order valence-electron chi connectivity index (χ0n) is 41.1. The summed E-state index contributed by atoms with van der Waals surface area (Å²) >= 11 is 0. The molecular formula is C51H53F6N13O6. The highest BCUT2D eigenvalue weighted by Gasteiger charge is 2.46. The molecule has 1 saturated carbocycles. The van der Waals surface area contributed by atoms with Crippen LogP contribution in [0, 0.1) is 18.7 Å². The van der Waals surface area contributed by atoms with Gasteiger partial charge in [0.15, 0.2) is 0 Å². The number of rotatable bonds is 14. The maximum absolute atomic E-state index is 15.5. The number of ether oxygens (including phenoxy) is 1. The average molecular weight is 1060 g/mol. The Morgan fingerprint density at radius 1 is 0.855 bits per heavy atom. The summed E-state index contributed by atoms with van der Waals surface area (Å²) in [6.07, 6.45) is 1.79. The van der Waals surface area contributed by atoms with Crippen LogP contribution in [0.3, 0.4) is 0 Å². The number of hydrogen-bond acceptors (Lipinski definition) is 14. The maximum Gasteiger partial charge on any atom is 0.419 e. The van der Waals surface area contributed by atoms with Crippen LogP contribution in [0.1, 0.15) is 89.8 Å². The molecule has 4 N–H and O–H groups in total. The largest absolute Gasteiger partial charge is 0.459 e. The maximum atomic E-state index is 15.5. The minimum Gasteiger partial charge on any atom is -0.459 e. The van der Waals surface area contributed by atoms with Crippen molar-refractivity contribution in [2.24, 2.45) is 5.92 Å². The normalized spacial score (nSPS) is 21.5. The highest BCUT2D eigenvalue weighted by Crippen LogP contribution is 2.39. The van der Waals surface area contributed by atoms with Gasteiger partial charge in [0.05, 0.1) is 35.2 Å². The minimum atomic E-state index is -4.70. The van der Waals surface area contributed by atoms with Gasteiger partial charge in [-0.2, -0.15) is 18.3 Å². The molecule has 2 atom stereocenters. The fraction of sp³-hybridized carbons (Fsp3) is 0.451. The van der Waals surface area contributed by atoms with Gasteiger partial charge < -0.3 is 20.3 Å². The number of alkyl halides is 5. The van der Waals surface area contributed by atoms with Crippen LogP contribution >= 0.6 is 0 Å². The highest BCUT2D eigenvalue weighted by atomic mass is 19.4. The van der Waals surface area contributed by atoms with Gasteiger partial charge in [-0.15, -0.1) is 0 Å². The van der Waals surface area contributed by atoms with Gasteiger partial charge in [0, 0.05) is 92.3 Å². The van der Waals surface area contributed by atoms with Crippen LogP contribution in [-0.2, 0) is 15.8 Å². The van der Waals surface area contributed by atoms with E-state index >= 15 is 4.39 Å². The highest BCUT2D eigenvalue weighted by molar-refractivity contribution is 6.23. The van der Waals surface area contributed by atoms with Crippen molar-refractivity contribution >= 4 is 47.0 Å². The minimum absolute atomic E-state index is 0.00652. The van der Waals surface area contributed by atoms with E-state index in [-0.39, 0.29) is 65.0 Å². The lowest BCUT2D eigenvalue weighted by Gasteiger charge is -2.37. The van der Waals surface area contributed by atoms with Gasteiger partial charge in [-0.25, -0.2) is 37.9 Å². The Morgan fingerprint density at radius 2 is 1.57 bits per heavy atom. The Kier molecular flexibility index (Phi) is 14.6. The van der Waals surface area contributed by atoms with Crippen molar-refractivity contribution in [2.75, 3.05) is 54.4 Å². The predicted octanol–water partition coefficient (Wildman–Crippen LogP) is 6.77. The van der Waals surface area contributed by atoms with Gasteiger partial charge in [0.25, 0.3) is 18.2 Å². The van der Waals surface area contributed by atoms with Gasteiger partial charge in [-0.05, 0) is 94.0 Å². The molecule has 5 aromatic rings. The van der Waals surface area contributed by atoms with E-state index in [0.29, 0.717) is 68.2 Å². The molecule has 0 radical (unpaired) electrons. The molecule has 76 heavy (non-hydrogen) atoms. The number of urea groups is 1. The van der Waals surface area contributed by atoms with E-state index in [1.54, 1.807) is 43.6 Å². The summed E-state index contributed by atoms with van der Waals surface area (Å²) in [5, 5.41) is 14.1. The zero-order chi connectivity index (χ0) is 53.4. The van der Waals surface area contributed by atoms with Gasteiger partial charge in [-0.3, -0.25) is 44.3 Å². The molecule has 400 valence electrons. The fourth-order valence-corrected chi connectivity index (χ4v) is 10.8. The van der Waals surface area contributed by atoms with E-state index in [0.717, 1.165) is 55.1 Å². The number of aromatic amines is 1. The molecule has 5 aliphatic rings. The van der Waals surface area contributed by atoms with Crippen LogP contribution in [-0.4, -0.2) is 140 Å². The molecular weight excluding hydrogens is 1000 g/mol. The first kappa shape index (κ1) is 51.8. The van der Waals surface area contributed by atoms with Crippen molar-refractivity contribution in [3.8, 4) is 28.4 Å². The third-order valence-corrected chi connectivity index (χ3v) is 14.8. The molecule has 0 bridgehead atoms. The third-order valence-electron chi connectivity index (χ3n) is 14.8. The van der Waals surface area contributed by atoms with Crippen molar-refractivity contribution in [2.45, 2.75) is 102 Å². The first-order chi connectivity index (χ1) is 36.5. The quantitative estimate of drug-likeness (QED) is 0.0666. The van der Waals surface area contributed by atoms with E-state index in [2.05, 4.69) is 51.0 Å². The fourth-order valence-electron chi connectivity index (χ4n) is 10.8. The van der Waals surface area contributed by atoms with E-state index in [1.807, 2.05) is 4.90 Å². The molecule has 4 aliphatic heterocycles. The molecule has 3 aromatic heterocycles. The van der Waals surface area contributed by atoms with Crippen molar-refractivity contribution in [3.63, 3.8) is 0 Å². The van der Waals surface area contributed by atoms with E-state index < -0.39 is 72.3 Å². The lowest BCUT2D eigenvalue weighted by molar-refractivity contribution is -0.138. The van der Waals surface area contributed by atoms with E-state index in [4.69, 9.17) is 4.74 Å². The molecule has 0 unspecified atom stereocenters. The lowest BCUT2D eigenvalue weighted by atomic mass is 9.90. The number of nitrogens with one attached hydrogen (secondary N) is 4. The molecule has 1 aliphatic carbocycles. The SMILES string of the molecule is Cc1[nH]ncc1-c1nc(NC2CCC(N(C(=O)NCC(F)F)c3ccc(-c4cnc(O[C@@H]5CCN(CC6CCN(c7cc8c(cc7F)C(=O)N([C@@H]7CCC(=O)NC7=O)C8=O)CC6)C5)nc4)cc3)CC2)ncc1C(F)(F)F. The zero-order valence-corrected chi connectivity index (χ0v) is 41.1. The molecule has 2 aromatic carbocycles. The summed E-state index contributed by atoms with van der Waals surface area (Å²) in [6, 6.07) is 7.20. The lowest BCUT2D eigenvalue weighted by Crippen LogP contribution is -2.54. The van der Waals surface area contributed by atoms with Gasteiger partial charge in [-0.1, -0.05) is 12.1 Å². The smallest absolute Gasteiger partial charge is 0.419 e. The topological polar surface area (TPSA) is 224 Å². The number of likely N-dealkylation sites (tertiary alicyclic amines) is 1. The molecule has 6 amide bonds. The Morgan fingerprint density at radius 3 is 2.22 bits per heavy atom. The second kappa shape index (κ2) is 21.5. The third kappa shape index (κ3) is 11.0. The summed E-state index contributed by atoms with van der Waals surface area (Å²) < 4.78 is 89.9. The number of amides is 6. The number of fused-ring (bicyclic) bond motifs is 1. The van der Waals surface area contributed by atoms with Crippen LogP contribution < -0.4 is 30.5 Å². The molecule has 10 rings (SSSR count). The predicted molar refractivity (Wildman–Crippen MR) is 262 cm³/mol. The molecule has 0 spiro atoms. The van der Waals surface area contributed by atoms with Crippen molar-refractivity contribution in [3.05, 3.63) is 89.4 Å². The van der Waals surface area contributed by atoms with Gasteiger partial charge in [0.2, 0.25) is 17.8 Å². The number of H-pyrrole nitrogens is 1. The standard InChI is InChI=1S/C51H53F6N13O6/c1-27-37(22-62-66-27)44-38(51(55,56)57)23-58-48(65-44)63-31-4-8-33(9-5-31)69(50(75)61-24-42(53)54)32-6-2-29(3-7-32)30-20-59-49(60-21-30)76-34-14-15-67(26-34)25-28-12-16-68(17-13-28)41-19-36-35(18-39(41)52)46(73)70(47(36)74)40-10-11-43(71)64-45(40)72/h2-3,6-7,18-23,28,31,33-34,40,42H,4-5,8-17,24-26H2,1H3,(H,61,75)(H,62,66)(H,58,63,65)(H,64,71,72)/t31?,33?,34-,40-/m1/s1. The molecule has 25 heteroatoms. The number of carbonyl (C=O) groups is 5. The number of benzene rings is 2. The number of imide groups is 2. The first-order valence-electron chi connectivity index (χ1n) is 25.1. The second-order valence-corrected chi connectivity index (χ2v) is 19.8. The summed E-state index contributed by atoms with van der Waals surface area (Å²) in [7, 11) is 0. The Hall–Kier alpha value is -7.70. The van der Waals surface area contributed by atoms with Gasteiger partial charge >= 0.3 is 18.2 Å². The number of aromatic nitrogens is 6. The average Bonchev–Trinajstić information content (AvgIpc) is 4.13. The Bertz CT molecular complexity index is 3000. The number of aryl methyl sites for hydroxylation is 1. The summed E-state index contributed by atoms with van der Waals surface area (Å²) in [5.41, 5.74) is 1.33. The number of nitrogens with zero attached hydrogens (tertiary/aromatic N) is 9. The molecule has 4 fully saturated rings. The van der Waals surface area contributed by atoms with Crippen molar-refractivity contribution in [1.82, 2.24) is 50.6 Å². The number of halogens is 6. The number of anilines is 3. The number of carbonyl (C=O) groups excluding carboxylic acids is 5. The molecule has 3 saturated heterocycles. The number of hydrogen-bond donors (Lipinski definition) is 4. The van der Waals surface area contributed by atoms with Crippen LogP contribution in [0.4, 0.5) is 48.5 Å². The van der Waals surface area contributed by atoms with Gasteiger partial charge in [0.1, 0.15) is 23.5 Å². The van der Waals surface area contributed by atoms with Crippen molar-refractivity contribution in [1.29, 1.82) is 0 Å². The molecule has 7 heterocycles. The summed E-state index contributed by atoms with van der Waals surface area (Å²) in [4.78, 5) is 87.8. The summed E-state index contributed by atoms with van der Waals surface area (Å²) in [6.45, 7) is 4.10. The number of piperidine rings is 2. The molecule has 19 nitrogen and oxygen atoms in total. The first-order valence-corrected chi connectivity index (χ1v) is 25.1. The van der Waals surface area contributed by atoms with Crippen molar-refractivity contribution < 1.29 is 55.1 Å². The monoisotopic (exact) mass is 1060 g/mol. The Labute approximate surface area is 431 Å². The van der Waals surface area contributed by atoms with Crippen LogP contribution in [0.25, 0.3) is 22.4 Å². The van der Waals surface area contributed by atoms with E-state index in [1.165, 1.54) is 17.2 Å². The second-order valence-electron chi connectivity index (χ2n) is 19.8. The Balaban J connectivity index is 0.707. The summed E-state index contributed by atoms with van der Waals surface area (Å²) in [5.74, 6) is -2.95. The van der Waals surface area contributed by atoms with E-state index in [9.17, 15) is 45.9 Å². The van der Waals surface area contributed by atoms with Crippen LogP contribution in [0.15, 0.2) is 61.2 Å². The van der Waals surface area contributed by atoms with Crippen LogP contribution in [0.5, 0.6) is 6.01 Å². The van der Waals surface area contributed by atoms with Crippen LogP contribution in [0.2, 0.25) is 0 Å².